The van der Waals surface area contributed by atoms with E-state index in [1.165, 1.54) is 0 Å². The molecule has 0 radical (unpaired) electrons. The number of aryl methyl sites for hydroxylation is 2. The Morgan fingerprint density at radius 3 is 2.38 bits per heavy atom. The van der Waals surface area contributed by atoms with Crippen molar-refractivity contribution < 1.29 is 8.42 Å². The Kier molecular flexibility index (Phi) is 4.16. The fourth-order valence-electron chi connectivity index (χ4n) is 1.96. The highest BCUT2D eigenvalue weighted by Crippen LogP contribution is 2.28. The van der Waals surface area contributed by atoms with Crippen LogP contribution in [0.25, 0.3) is 0 Å². The molecular weight excluding hydrogens is 308 g/mol. The van der Waals surface area contributed by atoms with Crippen LogP contribution in [0.3, 0.4) is 0 Å². The minimum atomic E-state index is -3.76. The number of sulfonamides is 1. The van der Waals surface area contributed by atoms with Gasteiger partial charge in [-0.1, -0.05) is 17.7 Å². The molecule has 0 bridgehead atoms. The summed E-state index contributed by atoms with van der Waals surface area (Å²) in [7, 11) is -3.76. The van der Waals surface area contributed by atoms with Gasteiger partial charge in [-0.2, -0.15) is 0 Å². The maximum Gasteiger partial charge on any atom is 0.263 e. The lowest BCUT2D eigenvalue weighted by molar-refractivity contribution is 0.601. The molecule has 3 N–H and O–H groups in total. The van der Waals surface area contributed by atoms with E-state index in [1.807, 2.05) is 13.8 Å². The highest BCUT2D eigenvalue weighted by molar-refractivity contribution is 7.92. The van der Waals surface area contributed by atoms with Crippen LogP contribution in [0.2, 0.25) is 5.02 Å². The minimum Gasteiger partial charge on any atom is -0.398 e. The molecule has 0 unspecified atom stereocenters. The van der Waals surface area contributed by atoms with E-state index >= 15 is 0 Å². The largest absolute Gasteiger partial charge is 0.398 e. The van der Waals surface area contributed by atoms with E-state index in [-0.39, 0.29) is 10.6 Å². The third-order valence-electron chi connectivity index (χ3n) is 3.43. The Labute approximate surface area is 130 Å². The van der Waals surface area contributed by atoms with E-state index in [9.17, 15) is 8.42 Å². The average molecular weight is 325 g/mol. The molecule has 0 aromatic heterocycles. The first-order chi connectivity index (χ1) is 9.72. The van der Waals surface area contributed by atoms with Gasteiger partial charge in [0, 0.05) is 5.02 Å². The minimum absolute atomic E-state index is 0.0741. The van der Waals surface area contributed by atoms with Gasteiger partial charge in [0.2, 0.25) is 0 Å². The first-order valence-electron chi connectivity index (χ1n) is 6.37. The molecule has 2 aromatic rings. The van der Waals surface area contributed by atoms with Gasteiger partial charge >= 0.3 is 0 Å². The van der Waals surface area contributed by atoms with Crippen molar-refractivity contribution in [1.29, 1.82) is 0 Å². The predicted molar refractivity (Wildman–Crippen MR) is 87.3 cm³/mol. The first kappa shape index (κ1) is 15.7. The molecule has 0 amide bonds. The molecule has 0 saturated heterocycles. The van der Waals surface area contributed by atoms with Crippen molar-refractivity contribution in [2.45, 2.75) is 25.7 Å². The van der Waals surface area contributed by atoms with Crippen LogP contribution in [-0.4, -0.2) is 8.42 Å². The molecule has 0 aliphatic carbocycles. The molecule has 6 heteroatoms. The quantitative estimate of drug-likeness (QED) is 0.846. The Morgan fingerprint density at radius 2 is 1.71 bits per heavy atom. The van der Waals surface area contributed by atoms with Gasteiger partial charge in [-0.3, -0.25) is 4.72 Å². The summed E-state index contributed by atoms with van der Waals surface area (Å²) >= 11 is 6.01. The number of nitrogens with two attached hydrogens (primary N) is 1. The number of nitrogens with one attached hydrogen (secondary N) is 1. The van der Waals surface area contributed by atoms with Crippen molar-refractivity contribution in [3.63, 3.8) is 0 Å². The van der Waals surface area contributed by atoms with Crippen LogP contribution < -0.4 is 10.5 Å². The highest BCUT2D eigenvalue weighted by Gasteiger charge is 2.19. The number of nitrogen functional groups attached to an aromatic ring is 1. The second-order valence-corrected chi connectivity index (χ2v) is 7.05. The summed E-state index contributed by atoms with van der Waals surface area (Å²) in [5.41, 5.74) is 9.01. The molecule has 112 valence electrons. The molecule has 0 spiro atoms. The zero-order valence-corrected chi connectivity index (χ0v) is 13.6. The molecule has 4 nitrogen and oxygen atoms in total. The fourth-order valence-corrected chi connectivity index (χ4v) is 3.46. The van der Waals surface area contributed by atoms with Gasteiger partial charge in [0.1, 0.15) is 4.90 Å². The third kappa shape index (κ3) is 3.14. The standard InChI is InChI=1S/C15H17ClN2O2S/c1-9-7-13(17)15(8-10(9)2)21(19,20)18-14-6-4-5-12(16)11(14)3/h4-8,18H,17H2,1-3H3. The summed E-state index contributed by atoms with van der Waals surface area (Å²) in [6.07, 6.45) is 0. The maximum atomic E-state index is 12.5. The Bertz CT molecular complexity index is 802. The SMILES string of the molecule is Cc1cc(N)c(S(=O)(=O)Nc2cccc(Cl)c2C)cc1C. The summed E-state index contributed by atoms with van der Waals surface area (Å²) in [6.45, 7) is 5.49. The van der Waals surface area contributed by atoms with Crippen LogP contribution in [0.15, 0.2) is 35.2 Å². The van der Waals surface area contributed by atoms with Crippen LogP contribution in [0.4, 0.5) is 11.4 Å². The summed E-state index contributed by atoms with van der Waals surface area (Å²) in [5, 5.41) is 0.503. The highest BCUT2D eigenvalue weighted by atomic mass is 35.5. The van der Waals surface area contributed by atoms with E-state index in [1.54, 1.807) is 37.3 Å². The van der Waals surface area contributed by atoms with Crippen molar-refractivity contribution in [1.82, 2.24) is 0 Å². The molecule has 2 rings (SSSR count). The van der Waals surface area contributed by atoms with E-state index in [0.29, 0.717) is 16.3 Å². The second-order valence-electron chi connectivity index (χ2n) is 4.99. The Hall–Kier alpha value is -1.72. The van der Waals surface area contributed by atoms with E-state index in [4.69, 9.17) is 17.3 Å². The van der Waals surface area contributed by atoms with Gasteiger partial charge < -0.3 is 5.73 Å². The summed E-state index contributed by atoms with van der Waals surface area (Å²) < 4.78 is 27.6. The molecule has 0 aliphatic rings. The van der Waals surface area contributed by atoms with Crippen molar-refractivity contribution in [3.8, 4) is 0 Å². The molecular formula is C15H17ClN2O2S. The monoisotopic (exact) mass is 324 g/mol. The number of hydrogen-bond acceptors (Lipinski definition) is 3. The normalized spacial score (nSPS) is 11.4. The average Bonchev–Trinajstić information content (AvgIpc) is 2.39. The fraction of sp³-hybridized carbons (Fsp3) is 0.200. The molecule has 0 fully saturated rings. The van der Waals surface area contributed by atoms with Gasteiger partial charge in [-0.05, 0) is 61.7 Å². The van der Waals surface area contributed by atoms with Crippen LogP contribution in [0, 0.1) is 20.8 Å². The number of hydrogen-bond donors (Lipinski definition) is 2. The topological polar surface area (TPSA) is 72.2 Å². The molecule has 0 heterocycles. The molecule has 0 saturated carbocycles. The first-order valence-corrected chi connectivity index (χ1v) is 8.23. The summed E-state index contributed by atoms with van der Waals surface area (Å²) in [6, 6.07) is 8.30. The number of rotatable bonds is 3. The lowest BCUT2D eigenvalue weighted by Crippen LogP contribution is -2.16. The van der Waals surface area contributed by atoms with Crippen LogP contribution in [0.5, 0.6) is 0 Å². The zero-order valence-electron chi connectivity index (χ0n) is 12.1. The van der Waals surface area contributed by atoms with Crippen LogP contribution >= 0.6 is 11.6 Å². The van der Waals surface area contributed by atoms with Gasteiger partial charge in [-0.25, -0.2) is 8.42 Å². The van der Waals surface area contributed by atoms with E-state index in [2.05, 4.69) is 4.72 Å². The second kappa shape index (κ2) is 5.58. The predicted octanol–water partition coefficient (Wildman–Crippen LogP) is 3.65. The molecule has 0 aliphatic heterocycles. The Balaban J connectivity index is 2.48. The lowest BCUT2D eigenvalue weighted by atomic mass is 10.1. The van der Waals surface area contributed by atoms with Crippen molar-refractivity contribution in [2.24, 2.45) is 0 Å². The molecule has 21 heavy (non-hydrogen) atoms. The zero-order chi connectivity index (χ0) is 15.8. The van der Waals surface area contributed by atoms with E-state index < -0.39 is 10.0 Å². The third-order valence-corrected chi connectivity index (χ3v) is 5.26. The lowest BCUT2D eigenvalue weighted by Gasteiger charge is -2.14. The number of benzene rings is 2. The van der Waals surface area contributed by atoms with Crippen LogP contribution in [-0.2, 0) is 10.0 Å². The van der Waals surface area contributed by atoms with Gasteiger partial charge in [0.25, 0.3) is 10.0 Å². The van der Waals surface area contributed by atoms with Crippen LogP contribution in [0.1, 0.15) is 16.7 Å². The van der Waals surface area contributed by atoms with Crippen molar-refractivity contribution in [2.75, 3.05) is 10.5 Å². The molecule has 2 aromatic carbocycles. The summed E-state index contributed by atoms with van der Waals surface area (Å²) in [4.78, 5) is 0.0741. The van der Waals surface area contributed by atoms with E-state index in [0.717, 1.165) is 11.1 Å². The van der Waals surface area contributed by atoms with Gasteiger partial charge in [-0.15, -0.1) is 0 Å². The van der Waals surface area contributed by atoms with Gasteiger partial charge in [0.15, 0.2) is 0 Å². The Morgan fingerprint density at radius 1 is 1.10 bits per heavy atom. The van der Waals surface area contributed by atoms with Crippen molar-refractivity contribution >= 4 is 33.0 Å². The molecule has 0 atom stereocenters. The maximum absolute atomic E-state index is 12.5. The summed E-state index contributed by atoms with van der Waals surface area (Å²) in [5.74, 6) is 0. The van der Waals surface area contributed by atoms with Crippen molar-refractivity contribution in [3.05, 3.63) is 52.0 Å². The smallest absolute Gasteiger partial charge is 0.263 e. The number of anilines is 2. The van der Waals surface area contributed by atoms with Gasteiger partial charge in [0.05, 0.1) is 11.4 Å². The number of halogens is 1.